The molecule has 0 radical (unpaired) electrons. The van der Waals surface area contributed by atoms with E-state index in [2.05, 4.69) is 23.2 Å². The minimum Gasteiger partial charge on any atom is -0.384 e. The second kappa shape index (κ2) is 6.51. The third-order valence-electron chi connectivity index (χ3n) is 1.99. The Morgan fingerprint density at radius 1 is 1.27 bits per heavy atom. The lowest BCUT2D eigenvalue weighted by atomic mass is 10.1. The Morgan fingerprint density at radius 3 is 2.60 bits per heavy atom. The van der Waals surface area contributed by atoms with E-state index in [1.807, 2.05) is 31.2 Å². The molecule has 1 aromatic rings. The zero-order chi connectivity index (χ0) is 10.9. The lowest BCUT2D eigenvalue weighted by Gasteiger charge is -2.04. The Balaban J connectivity index is 2.42. The van der Waals surface area contributed by atoms with Crippen LogP contribution in [0, 0.1) is 23.2 Å². The highest BCUT2D eigenvalue weighted by molar-refractivity contribution is 5.45. The third-order valence-corrected chi connectivity index (χ3v) is 1.99. The zero-order valence-electron chi connectivity index (χ0n) is 8.88. The first-order valence-electron chi connectivity index (χ1n) is 4.96. The number of nitrogens with zero attached hydrogens (tertiary/aromatic N) is 1. The number of hydrogen-bond donors (Lipinski definition) is 1. The summed E-state index contributed by atoms with van der Waals surface area (Å²) >= 11 is 0. The highest BCUT2D eigenvalue weighted by atomic mass is 14.9. The predicted octanol–water partition coefficient (Wildman–Crippen LogP) is 2.58. The van der Waals surface area contributed by atoms with Crippen molar-refractivity contribution in [3.05, 3.63) is 29.8 Å². The maximum atomic E-state index is 8.51. The number of nitriles is 1. The van der Waals surface area contributed by atoms with Crippen molar-refractivity contribution in [3.63, 3.8) is 0 Å². The molecule has 0 aliphatic heterocycles. The Bertz CT molecular complexity index is 387. The number of hydrogen-bond acceptors (Lipinski definition) is 2. The van der Waals surface area contributed by atoms with Gasteiger partial charge in [-0.15, -0.1) is 11.8 Å². The molecule has 0 aliphatic rings. The molecule has 0 spiro atoms. The normalized spacial score (nSPS) is 8.53. The van der Waals surface area contributed by atoms with E-state index in [0.29, 0.717) is 6.42 Å². The average molecular weight is 198 g/mol. The van der Waals surface area contributed by atoms with Crippen molar-refractivity contribution in [2.24, 2.45) is 0 Å². The molecule has 2 nitrogen and oxygen atoms in total. The van der Waals surface area contributed by atoms with Crippen LogP contribution in [0.3, 0.4) is 0 Å². The fraction of sp³-hybridized carbons (Fsp3) is 0.308. The molecule has 0 saturated carbocycles. The van der Waals surface area contributed by atoms with E-state index < -0.39 is 0 Å². The molecule has 0 aliphatic carbocycles. The molecule has 15 heavy (non-hydrogen) atoms. The van der Waals surface area contributed by atoms with Crippen LogP contribution in [0.1, 0.15) is 18.9 Å². The van der Waals surface area contributed by atoms with E-state index in [1.54, 1.807) is 0 Å². The van der Waals surface area contributed by atoms with Crippen LogP contribution in [0.15, 0.2) is 24.3 Å². The maximum Gasteiger partial charge on any atom is 0.0669 e. The van der Waals surface area contributed by atoms with Crippen molar-refractivity contribution >= 4 is 5.69 Å². The average Bonchev–Trinajstić information content (AvgIpc) is 2.27. The van der Waals surface area contributed by atoms with E-state index in [4.69, 9.17) is 5.26 Å². The largest absolute Gasteiger partial charge is 0.384 e. The number of benzene rings is 1. The van der Waals surface area contributed by atoms with Gasteiger partial charge in [-0.1, -0.05) is 12.1 Å². The van der Waals surface area contributed by atoms with E-state index >= 15 is 0 Å². The first-order valence-corrected chi connectivity index (χ1v) is 4.96. The van der Waals surface area contributed by atoms with Gasteiger partial charge < -0.3 is 5.32 Å². The fourth-order valence-corrected chi connectivity index (χ4v) is 1.23. The number of rotatable bonds is 4. The summed E-state index contributed by atoms with van der Waals surface area (Å²) in [6, 6.07) is 10.0. The first-order chi connectivity index (χ1) is 7.36. The predicted molar refractivity (Wildman–Crippen MR) is 62.3 cm³/mol. The molecule has 1 N–H and O–H groups in total. The molecule has 0 bridgehead atoms. The van der Waals surface area contributed by atoms with Crippen LogP contribution in [-0.2, 0) is 6.42 Å². The van der Waals surface area contributed by atoms with Gasteiger partial charge in [-0.05, 0) is 24.6 Å². The molecule has 0 unspecified atom stereocenters. The van der Waals surface area contributed by atoms with Crippen LogP contribution < -0.4 is 5.32 Å². The highest BCUT2D eigenvalue weighted by Gasteiger charge is 1.92. The molecular formula is C13H14N2. The second-order valence-corrected chi connectivity index (χ2v) is 3.14. The summed E-state index contributed by atoms with van der Waals surface area (Å²) in [6.45, 7) is 2.70. The summed E-state index contributed by atoms with van der Waals surface area (Å²) in [6.07, 6.45) is 1.33. The molecule has 1 rings (SSSR count). The SMILES string of the molecule is CC#CCCNc1ccc(CC#N)cc1. The quantitative estimate of drug-likeness (QED) is 0.596. The van der Waals surface area contributed by atoms with E-state index in [0.717, 1.165) is 24.2 Å². The summed E-state index contributed by atoms with van der Waals surface area (Å²) in [4.78, 5) is 0. The molecular weight excluding hydrogens is 184 g/mol. The van der Waals surface area contributed by atoms with Crippen LogP contribution in [0.4, 0.5) is 5.69 Å². The fourth-order valence-electron chi connectivity index (χ4n) is 1.23. The van der Waals surface area contributed by atoms with E-state index in [9.17, 15) is 0 Å². The second-order valence-electron chi connectivity index (χ2n) is 3.14. The molecule has 0 atom stereocenters. The Kier molecular flexibility index (Phi) is 4.84. The molecule has 0 heterocycles. The maximum absolute atomic E-state index is 8.51. The van der Waals surface area contributed by atoms with Crippen molar-refractivity contribution in [1.82, 2.24) is 0 Å². The van der Waals surface area contributed by atoms with E-state index in [-0.39, 0.29) is 0 Å². The molecule has 0 aromatic heterocycles. The lowest BCUT2D eigenvalue weighted by Crippen LogP contribution is -2.00. The topological polar surface area (TPSA) is 35.8 Å². The first kappa shape index (κ1) is 11.1. The summed E-state index contributed by atoms with van der Waals surface area (Å²) in [5.41, 5.74) is 2.13. The summed E-state index contributed by atoms with van der Waals surface area (Å²) < 4.78 is 0. The van der Waals surface area contributed by atoms with Gasteiger partial charge in [-0.25, -0.2) is 0 Å². The van der Waals surface area contributed by atoms with Crippen LogP contribution in [0.5, 0.6) is 0 Å². The number of nitrogens with one attached hydrogen (secondary N) is 1. The van der Waals surface area contributed by atoms with Crippen molar-refractivity contribution < 1.29 is 0 Å². The summed E-state index contributed by atoms with van der Waals surface area (Å²) in [5, 5.41) is 11.8. The minimum absolute atomic E-state index is 0.474. The standard InChI is InChI=1S/C13H14N2/c1-2-3-4-11-15-13-7-5-12(6-8-13)9-10-14/h5-8,15H,4,9,11H2,1H3. The highest BCUT2D eigenvalue weighted by Crippen LogP contribution is 2.09. The van der Waals surface area contributed by atoms with Crippen molar-refractivity contribution in [2.45, 2.75) is 19.8 Å². The molecule has 2 heteroatoms. The molecule has 76 valence electrons. The minimum atomic E-state index is 0.474. The Labute approximate surface area is 90.9 Å². The molecule has 0 saturated heterocycles. The molecule has 0 fully saturated rings. The van der Waals surface area contributed by atoms with Gasteiger partial charge in [0.1, 0.15) is 0 Å². The Morgan fingerprint density at radius 2 is 2.00 bits per heavy atom. The lowest BCUT2D eigenvalue weighted by molar-refractivity contribution is 1.09. The van der Waals surface area contributed by atoms with Gasteiger partial charge in [-0.3, -0.25) is 0 Å². The monoisotopic (exact) mass is 198 g/mol. The molecule has 0 amide bonds. The van der Waals surface area contributed by atoms with Gasteiger partial charge in [0.05, 0.1) is 12.5 Å². The summed E-state index contributed by atoms with van der Waals surface area (Å²) in [5.74, 6) is 5.85. The number of anilines is 1. The van der Waals surface area contributed by atoms with Crippen molar-refractivity contribution in [1.29, 1.82) is 5.26 Å². The zero-order valence-corrected chi connectivity index (χ0v) is 8.88. The van der Waals surface area contributed by atoms with Gasteiger partial charge in [0.2, 0.25) is 0 Å². The Hall–Kier alpha value is -1.93. The summed E-state index contributed by atoms with van der Waals surface area (Å²) in [7, 11) is 0. The van der Waals surface area contributed by atoms with Gasteiger partial charge in [0, 0.05) is 18.7 Å². The van der Waals surface area contributed by atoms with Crippen molar-refractivity contribution in [2.75, 3.05) is 11.9 Å². The van der Waals surface area contributed by atoms with Gasteiger partial charge >= 0.3 is 0 Å². The molecule has 1 aromatic carbocycles. The van der Waals surface area contributed by atoms with Crippen LogP contribution >= 0.6 is 0 Å². The van der Waals surface area contributed by atoms with Crippen LogP contribution in [0.2, 0.25) is 0 Å². The smallest absolute Gasteiger partial charge is 0.0669 e. The van der Waals surface area contributed by atoms with Gasteiger partial charge in [0.25, 0.3) is 0 Å². The van der Waals surface area contributed by atoms with Crippen LogP contribution in [-0.4, -0.2) is 6.54 Å². The van der Waals surface area contributed by atoms with Crippen molar-refractivity contribution in [3.8, 4) is 17.9 Å². The van der Waals surface area contributed by atoms with Gasteiger partial charge in [0.15, 0.2) is 0 Å². The van der Waals surface area contributed by atoms with Crippen LogP contribution in [0.25, 0.3) is 0 Å². The van der Waals surface area contributed by atoms with E-state index in [1.165, 1.54) is 0 Å². The third kappa shape index (κ3) is 4.20. The van der Waals surface area contributed by atoms with Gasteiger partial charge in [-0.2, -0.15) is 5.26 Å².